The zero-order chi connectivity index (χ0) is 14.7. The average Bonchev–Trinajstić information content (AvgIpc) is 2.97. The molecule has 3 nitrogen and oxygen atoms in total. The number of rotatable bonds is 4. The molecule has 0 aliphatic rings. The minimum Gasteiger partial charge on any atom is -0.388 e. The van der Waals surface area contributed by atoms with E-state index in [1.54, 1.807) is 0 Å². The molecule has 0 saturated heterocycles. The normalized spacial score (nSPS) is 12.3. The lowest BCUT2D eigenvalue weighted by Gasteiger charge is -2.08. The fourth-order valence-corrected chi connectivity index (χ4v) is 2.88. The summed E-state index contributed by atoms with van der Waals surface area (Å²) < 4.78 is 13.1. The van der Waals surface area contributed by atoms with Gasteiger partial charge < -0.3 is 5.11 Å². The number of benzene rings is 1. The predicted octanol–water partition coefficient (Wildman–Crippen LogP) is 3.62. The number of thiazole rings is 1. The lowest BCUT2D eigenvalue weighted by atomic mass is 10.1. The molecule has 1 N–H and O–H groups in total. The standard InChI is InChI=1S/C16H13FN2OS/c17-13-6-12(8-18-9-13)15(20)7-16-19-14(10-21-16)11-4-2-1-3-5-11/h1-6,8-10,15,20H,7H2. The molecule has 0 aliphatic heterocycles. The van der Waals surface area contributed by atoms with Crippen molar-refractivity contribution in [3.63, 3.8) is 0 Å². The molecular weight excluding hydrogens is 287 g/mol. The van der Waals surface area contributed by atoms with Gasteiger partial charge in [0.1, 0.15) is 5.82 Å². The second-order valence-corrected chi connectivity index (χ2v) is 5.59. The lowest BCUT2D eigenvalue weighted by Crippen LogP contribution is -2.02. The van der Waals surface area contributed by atoms with Gasteiger partial charge in [0.25, 0.3) is 0 Å². The maximum Gasteiger partial charge on any atom is 0.141 e. The second-order valence-electron chi connectivity index (χ2n) is 4.65. The zero-order valence-electron chi connectivity index (χ0n) is 11.1. The molecule has 0 spiro atoms. The monoisotopic (exact) mass is 300 g/mol. The summed E-state index contributed by atoms with van der Waals surface area (Å²) in [5, 5.41) is 12.9. The number of aliphatic hydroxyl groups excluding tert-OH is 1. The summed E-state index contributed by atoms with van der Waals surface area (Å²) in [6.07, 6.45) is 2.14. The molecule has 106 valence electrons. The molecule has 2 aromatic heterocycles. The first-order valence-electron chi connectivity index (χ1n) is 6.51. The number of hydrogen-bond acceptors (Lipinski definition) is 4. The van der Waals surface area contributed by atoms with Crippen molar-refractivity contribution in [2.75, 3.05) is 0 Å². The van der Waals surface area contributed by atoms with Crippen LogP contribution in [0, 0.1) is 5.82 Å². The Morgan fingerprint density at radius 3 is 2.76 bits per heavy atom. The lowest BCUT2D eigenvalue weighted by molar-refractivity contribution is 0.177. The Kier molecular flexibility index (Phi) is 4.03. The van der Waals surface area contributed by atoms with Crippen LogP contribution in [0.3, 0.4) is 0 Å². The highest BCUT2D eigenvalue weighted by Gasteiger charge is 2.13. The first-order chi connectivity index (χ1) is 10.2. The fourth-order valence-electron chi connectivity index (χ4n) is 2.04. The number of halogens is 1. The Morgan fingerprint density at radius 2 is 2.00 bits per heavy atom. The van der Waals surface area contributed by atoms with Gasteiger partial charge in [0.05, 0.1) is 23.0 Å². The van der Waals surface area contributed by atoms with E-state index in [2.05, 4.69) is 9.97 Å². The zero-order valence-corrected chi connectivity index (χ0v) is 11.9. The van der Waals surface area contributed by atoms with Crippen molar-refractivity contribution in [3.05, 3.63) is 70.6 Å². The van der Waals surface area contributed by atoms with Crippen molar-refractivity contribution >= 4 is 11.3 Å². The molecule has 0 amide bonds. The van der Waals surface area contributed by atoms with Crippen LogP contribution in [0.4, 0.5) is 4.39 Å². The van der Waals surface area contributed by atoms with E-state index in [9.17, 15) is 9.50 Å². The van der Waals surface area contributed by atoms with Crippen LogP contribution in [0.25, 0.3) is 11.3 Å². The Morgan fingerprint density at radius 1 is 1.19 bits per heavy atom. The topological polar surface area (TPSA) is 46.0 Å². The van der Waals surface area contributed by atoms with Crippen LogP contribution in [0.1, 0.15) is 16.7 Å². The van der Waals surface area contributed by atoms with Gasteiger partial charge in [0.2, 0.25) is 0 Å². The van der Waals surface area contributed by atoms with Crippen LogP contribution in [-0.2, 0) is 6.42 Å². The third-order valence-corrected chi connectivity index (χ3v) is 3.97. The summed E-state index contributed by atoms with van der Waals surface area (Å²) in [4.78, 5) is 8.26. The molecule has 1 atom stereocenters. The molecule has 0 saturated carbocycles. The molecule has 0 fully saturated rings. The third-order valence-electron chi connectivity index (χ3n) is 3.10. The summed E-state index contributed by atoms with van der Waals surface area (Å²) in [6, 6.07) is 11.2. The second kappa shape index (κ2) is 6.11. The molecule has 3 rings (SSSR count). The van der Waals surface area contributed by atoms with Crippen molar-refractivity contribution < 1.29 is 9.50 Å². The highest BCUT2D eigenvalue weighted by molar-refractivity contribution is 7.09. The smallest absolute Gasteiger partial charge is 0.141 e. The van der Waals surface area contributed by atoms with Gasteiger partial charge in [-0.15, -0.1) is 11.3 Å². The van der Waals surface area contributed by atoms with E-state index >= 15 is 0 Å². The van der Waals surface area contributed by atoms with E-state index in [0.717, 1.165) is 22.5 Å². The van der Waals surface area contributed by atoms with Gasteiger partial charge in [-0.25, -0.2) is 9.37 Å². The maximum absolute atomic E-state index is 13.1. The molecule has 5 heteroatoms. The summed E-state index contributed by atoms with van der Waals surface area (Å²) in [6.45, 7) is 0. The van der Waals surface area contributed by atoms with Crippen molar-refractivity contribution in [2.24, 2.45) is 0 Å². The van der Waals surface area contributed by atoms with E-state index in [0.29, 0.717) is 12.0 Å². The number of pyridine rings is 1. The van der Waals surface area contributed by atoms with Crippen LogP contribution >= 0.6 is 11.3 Å². The summed E-state index contributed by atoms with van der Waals surface area (Å²) in [5.74, 6) is -0.448. The third kappa shape index (κ3) is 3.32. The molecule has 0 aliphatic carbocycles. The van der Waals surface area contributed by atoms with Crippen molar-refractivity contribution in [3.8, 4) is 11.3 Å². The van der Waals surface area contributed by atoms with E-state index in [4.69, 9.17) is 0 Å². The van der Waals surface area contributed by atoms with Gasteiger partial charge in [-0.1, -0.05) is 30.3 Å². The maximum atomic E-state index is 13.1. The Labute approximate surface area is 125 Å². The fraction of sp³-hybridized carbons (Fsp3) is 0.125. The van der Waals surface area contributed by atoms with Crippen LogP contribution in [-0.4, -0.2) is 15.1 Å². The Hall–Kier alpha value is -2.11. The Bertz CT molecular complexity index is 730. The SMILES string of the molecule is OC(Cc1nc(-c2ccccc2)cs1)c1cncc(F)c1. The predicted molar refractivity (Wildman–Crippen MR) is 80.4 cm³/mol. The largest absolute Gasteiger partial charge is 0.388 e. The van der Waals surface area contributed by atoms with Gasteiger partial charge >= 0.3 is 0 Å². The van der Waals surface area contributed by atoms with Gasteiger partial charge in [0.15, 0.2) is 0 Å². The van der Waals surface area contributed by atoms with Gasteiger partial charge in [-0.05, 0) is 6.07 Å². The van der Waals surface area contributed by atoms with Crippen molar-refractivity contribution in [2.45, 2.75) is 12.5 Å². The number of aliphatic hydroxyl groups is 1. The average molecular weight is 300 g/mol. The van der Waals surface area contributed by atoms with E-state index in [1.807, 2.05) is 35.7 Å². The van der Waals surface area contributed by atoms with Crippen molar-refractivity contribution in [1.29, 1.82) is 0 Å². The van der Waals surface area contributed by atoms with Crippen molar-refractivity contribution in [1.82, 2.24) is 9.97 Å². The van der Waals surface area contributed by atoms with E-state index in [1.165, 1.54) is 23.6 Å². The molecule has 21 heavy (non-hydrogen) atoms. The highest BCUT2D eigenvalue weighted by Crippen LogP contribution is 2.25. The minimum absolute atomic E-state index is 0.350. The van der Waals surface area contributed by atoms with E-state index < -0.39 is 11.9 Å². The molecule has 0 bridgehead atoms. The molecule has 3 aromatic rings. The summed E-state index contributed by atoms with van der Waals surface area (Å²) in [5.41, 5.74) is 2.40. The first kappa shape index (κ1) is 13.9. The minimum atomic E-state index is -0.803. The van der Waals surface area contributed by atoms with Crippen LogP contribution in [0.15, 0.2) is 54.2 Å². The molecule has 0 radical (unpaired) electrons. The molecule has 1 aromatic carbocycles. The molecular formula is C16H13FN2OS. The first-order valence-corrected chi connectivity index (χ1v) is 7.38. The van der Waals surface area contributed by atoms with Gasteiger partial charge in [0, 0.05) is 29.1 Å². The number of aromatic nitrogens is 2. The van der Waals surface area contributed by atoms with Crippen LogP contribution in [0.5, 0.6) is 0 Å². The summed E-state index contributed by atoms with van der Waals surface area (Å²) in [7, 11) is 0. The molecule has 1 unspecified atom stereocenters. The highest BCUT2D eigenvalue weighted by atomic mass is 32.1. The number of nitrogens with zero attached hydrogens (tertiary/aromatic N) is 2. The van der Waals surface area contributed by atoms with Gasteiger partial charge in [-0.3, -0.25) is 4.98 Å². The van der Waals surface area contributed by atoms with Crippen LogP contribution < -0.4 is 0 Å². The summed E-state index contributed by atoms with van der Waals surface area (Å²) >= 11 is 1.49. The van der Waals surface area contributed by atoms with Crippen LogP contribution in [0.2, 0.25) is 0 Å². The quantitative estimate of drug-likeness (QED) is 0.800. The Balaban J connectivity index is 1.75. The van der Waals surface area contributed by atoms with Gasteiger partial charge in [-0.2, -0.15) is 0 Å². The molecule has 2 heterocycles. The number of hydrogen-bond donors (Lipinski definition) is 1. The van der Waals surface area contributed by atoms with E-state index in [-0.39, 0.29) is 0 Å².